The molecule has 0 spiro atoms. The Labute approximate surface area is 229 Å². The van der Waals surface area contributed by atoms with Crippen molar-refractivity contribution >= 4 is 19.9 Å². The fourth-order valence-electron chi connectivity index (χ4n) is 3.41. The molecule has 3 heterocycles. The van der Waals surface area contributed by atoms with E-state index in [1.807, 2.05) is 54.0 Å². The van der Waals surface area contributed by atoms with Crippen molar-refractivity contribution in [1.82, 2.24) is 14.5 Å². The molecule has 1 unspecified atom stereocenters. The molecule has 216 valence electrons. The highest BCUT2D eigenvalue weighted by Gasteiger charge is 2.32. The van der Waals surface area contributed by atoms with Gasteiger partial charge >= 0.3 is 7.75 Å². The van der Waals surface area contributed by atoms with Crippen LogP contribution in [-0.4, -0.2) is 57.2 Å². The molecule has 0 bridgehead atoms. The van der Waals surface area contributed by atoms with Crippen LogP contribution in [0.25, 0.3) is 5.65 Å². The first-order valence-corrected chi connectivity index (χ1v) is 14.3. The predicted molar refractivity (Wildman–Crippen MR) is 147 cm³/mol. The third-order valence-corrected chi connectivity index (χ3v) is 6.61. The molecule has 1 fully saturated rings. The number of ether oxygens (including phenoxy) is 2. The molecule has 4 rings (SSSR count). The summed E-state index contributed by atoms with van der Waals surface area (Å²) in [6.07, 6.45) is 7.35. The highest BCUT2D eigenvalue weighted by molar-refractivity contribution is 7.52. The number of pyridine rings is 1. The Kier molecular flexibility index (Phi) is 13.1. The van der Waals surface area contributed by atoms with Crippen molar-refractivity contribution in [3.05, 3.63) is 66.6 Å². The first-order valence-electron chi connectivity index (χ1n) is 12.8. The Balaban J connectivity index is 0.000000412. The largest absolute Gasteiger partial charge is 0.465 e. The van der Waals surface area contributed by atoms with E-state index in [-0.39, 0.29) is 24.9 Å². The van der Waals surface area contributed by atoms with Gasteiger partial charge in [0.15, 0.2) is 5.79 Å². The van der Waals surface area contributed by atoms with E-state index in [4.69, 9.17) is 24.0 Å². The minimum absolute atomic E-state index is 0.00559. The monoisotopic (exact) mass is 565 g/mol. The molecule has 1 aromatic carbocycles. The lowest BCUT2D eigenvalue weighted by molar-refractivity contribution is -0.132. The summed E-state index contributed by atoms with van der Waals surface area (Å²) in [5.41, 5.74) is 2.01. The van der Waals surface area contributed by atoms with Crippen LogP contribution in [0, 0.1) is 0 Å². The third kappa shape index (κ3) is 12.7. The number of aliphatic hydroxyl groups is 2. The van der Waals surface area contributed by atoms with E-state index in [9.17, 15) is 9.36 Å². The van der Waals surface area contributed by atoms with Crippen molar-refractivity contribution in [3.63, 3.8) is 0 Å². The second-order valence-electron chi connectivity index (χ2n) is 9.46. The van der Waals surface area contributed by atoms with E-state index >= 15 is 0 Å². The lowest BCUT2D eigenvalue weighted by Gasteiger charge is -2.21. The molecule has 0 aliphatic carbocycles. The number of nitrogens with zero attached hydrogens (tertiary/aromatic N) is 2. The average molecular weight is 566 g/mol. The second-order valence-corrected chi connectivity index (χ2v) is 11.2. The van der Waals surface area contributed by atoms with Crippen LogP contribution in [0.1, 0.15) is 59.1 Å². The molecule has 3 atom stereocenters. The smallest absolute Gasteiger partial charge is 0.458 e. The normalized spacial score (nSPS) is 18.4. The van der Waals surface area contributed by atoms with E-state index in [1.165, 1.54) is 13.8 Å². The summed E-state index contributed by atoms with van der Waals surface area (Å²) in [6, 6.07) is 13.1. The van der Waals surface area contributed by atoms with Crippen molar-refractivity contribution in [2.24, 2.45) is 0 Å². The number of rotatable bonds is 10. The molecule has 0 radical (unpaired) electrons. The van der Waals surface area contributed by atoms with Gasteiger partial charge in [-0.15, -0.1) is 0 Å². The van der Waals surface area contributed by atoms with Crippen LogP contribution in [0.5, 0.6) is 5.75 Å². The Morgan fingerprint density at radius 3 is 2.49 bits per heavy atom. The van der Waals surface area contributed by atoms with Crippen molar-refractivity contribution in [2.75, 3.05) is 13.2 Å². The summed E-state index contributed by atoms with van der Waals surface area (Å²) >= 11 is 0. The number of hydrogen-bond acceptors (Lipinski definition) is 9. The van der Waals surface area contributed by atoms with Gasteiger partial charge in [0.1, 0.15) is 11.4 Å². The summed E-state index contributed by atoms with van der Waals surface area (Å²) in [5.74, 6) is -0.995. The first kappa shape index (κ1) is 32.4. The maximum absolute atomic E-state index is 13.0. The van der Waals surface area contributed by atoms with E-state index in [2.05, 4.69) is 14.8 Å². The number of aromatic nitrogens is 2. The summed E-state index contributed by atoms with van der Waals surface area (Å²) in [4.78, 5) is 13.7. The summed E-state index contributed by atoms with van der Waals surface area (Å²) in [5, 5.41) is 19.0. The molecule has 2 aromatic heterocycles. The van der Waals surface area contributed by atoms with Crippen LogP contribution in [0.3, 0.4) is 0 Å². The van der Waals surface area contributed by atoms with E-state index < -0.39 is 13.5 Å². The van der Waals surface area contributed by atoms with Crippen molar-refractivity contribution in [2.45, 2.75) is 71.6 Å². The summed E-state index contributed by atoms with van der Waals surface area (Å²) < 4.78 is 36.8. The number of fused-ring (bicyclic) bond motifs is 1. The number of hydrogen-bond donors (Lipinski definition) is 3. The van der Waals surface area contributed by atoms with E-state index in [0.717, 1.165) is 24.1 Å². The van der Waals surface area contributed by atoms with Gasteiger partial charge < -0.3 is 28.6 Å². The van der Waals surface area contributed by atoms with E-state index in [1.54, 1.807) is 32.2 Å². The molecule has 0 amide bonds. The maximum Gasteiger partial charge on any atom is 0.458 e. The molecule has 1 aliphatic rings. The summed E-state index contributed by atoms with van der Waals surface area (Å²) in [6.45, 7) is 9.19. The second kappa shape index (κ2) is 15.7. The van der Waals surface area contributed by atoms with Crippen LogP contribution in [0.4, 0.5) is 0 Å². The quantitative estimate of drug-likeness (QED) is 0.181. The minimum atomic E-state index is -3.45. The molecule has 1 saturated heterocycles. The fraction of sp³-hybridized carbons (Fsp3) is 0.481. The van der Waals surface area contributed by atoms with Gasteiger partial charge in [0.05, 0.1) is 24.9 Å². The number of carbonyl (C=O) groups excluding carboxylic acids is 1. The van der Waals surface area contributed by atoms with Crippen LogP contribution in [0.2, 0.25) is 0 Å². The van der Waals surface area contributed by atoms with Gasteiger partial charge in [0.25, 0.3) is 6.47 Å². The Hall–Kier alpha value is -2.79. The van der Waals surface area contributed by atoms with Gasteiger partial charge in [-0.25, -0.2) is 14.6 Å². The zero-order valence-corrected chi connectivity index (χ0v) is 24.0. The fourth-order valence-corrected chi connectivity index (χ4v) is 4.77. The molecule has 39 heavy (non-hydrogen) atoms. The molecular weight excluding hydrogens is 525 g/mol. The lowest BCUT2D eigenvalue weighted by atomic mass is 10.1. The average Bonchev–Trinajstić information content (AvgIpc) is 3.52. The molecule has 0 saturated carbocycles. The molecule has 1 aliphatic heterocycles. The van der Waals surface area contributed by atoms with Gasteiger partial charge in [0.2, 0.25) is 0 Å². The van der Waals surface area contributed by atoms with Crippen LogP contribution < -0.4 is 9.61 Å². The molecule has 12 heteroatoms. The van der Waals surface area contributed by atoms with Crippen LogP contribution in [-0.2, 0) is 23.4 Å². The Bertz CT molecular complexity index is 1160. The number of imidazole rings is 1. The van der Waals surface area contributed by atoms with Crippen molar-refractivity contribution < 1.29 is 38.1 Å². The highest BCUT2D eigenvalue weighted by atomic mass is 31.2. The van der Waals surface area contributed by atoms with Gasteiger partial charge in [-0.1, -0.05) is 31.2 Å². The molecule has 3 N–H and O–H groups in total. The third-order valence-electron chi connectivity index (χ3n) is 4.97. The predicted octanol–water partition coefficient (Wildman–Crippen LogP) is 4.64. The van der Waals surface area contributed by atoms with Crippen molar-refractivity contribution in [1.29, 1.82) is 0 Å². The minimum Gasteiger partial charge on any atom is -0.465 e. The molecule has 3 aromatic rings. The topological polar surface area (TPSA) is 141 Å². The molecule has 11 nitrogen and oxygen atoms in total. The molecular formula is C27H40N3O8P. The number of para-hydroxylation sites is 1. The standard InChI is InChI=1S/C20H24N3O4P.C4H8O2.C3H8O2/c1-2-22-28(24,27-17-6-4-3-5-7-17)25-15-18-9-10-19(26-18)16-8-11-20-21-12-13-23(20)14-16;1-4(2)6-3-5;1-3(2,4)5/h3-8,11-14,18-19H,2,9-10,15H2,1H3,(H,22,24);3-4H,1-2H3;4-5H,1-2H3/t18?,19-,28+;;/m1../s1. The first-order chi connectivity index (χ1) is 18.4. The SMILES string of the molecule is CC(C)(O)O.CC(C)OC=O.CCN[P@](=O)(OCC1CC[C@H](c2ccc3nccn3c2)O1)Oc1ccccc1. The van der Waals surface area contributed by atoms with Crippen LogP contribution in [0.15, 0.2) is 61.1 Å². The number of nitrogens with one attached hydrogen (secondary N) is 1. The summed E-state index contributed by atoms with van der Waals surface area (Å²) in [7, 11) is -3.45. The van der Waals surface area contributed by atoms with Crippen molar-refractivity contribution in [3.8, 4) is 5.75 Å². The van der Waals surface area contributed by atoms with Gasteiger partial charge in [-0.2, -0.15) is 0 Å². The van der Waals surface area contributed by atoms with E-state index in [0.29, 0.717) is 18.8 Å². The maximum atomic E-state index is 13.0. The number of benzene rings is 1. The van der Waals surface area contributed by atoms with Gasteiger partial charge in [-0.3, -0.25) is 9.32 Å². The highest BCUT2D eigenvalue weighted by Crippen LogP contribution is 2.45. The van der Waals surface area contributed by atoms with Crippen LogP contribution >= 0.6 is 7.75 Å². The van der Waals surface area contributed by atoms with Gasteiger partial charge in [-0.05, 0) is 64.3 Å². The zero-order chi connectivity index (χ0) is 28.9. The lowest BCUT2D eigenvalue weighted by Crippen LogP contribution is -2.21. The number of carbonyl (C=O) groups is 1. The zero-order valence-electron chi connectivity index (χ0n) is 23.1. The Morgan fingerprint density at radius 2 is 1.90 bits per heavy atom. The van der Waals surface area contributed by atoms with Gasteiger partial charge in [0, 0.05) is 25.1 Å². The Morgan fingerprint density at radius 1 is 1.21 bits per heavy atom.